The second-order valence-electron chi connectivity index (χ2n) is 3.34. The van der Waals surface area contributed by atoms with Crippen LogP contribution in [0.4, 0.5) is 0 Å². The molecule has 1 aromatic heterocycles. The molecular formula is C10H7Cl2N3O2. The molecule has 0 spiro atoms. The van der Waals surface area contributed by atoms with Gasteiger partial charge in [0.25, 0.3) is 0 Å². The first-order valence-electron chi connectivity index (χ1n) is 4.61. The highest BCUT2D eigenvalue weighted by atomic mass is 35.5. The lowest BCUT2D eigenvalue weighted by Gasteiger charge is -2.04. The molecule has 0 saturated carbocycles. The maximum Gasteiger partial charge on any atom is 0.358 e. The number of carbonyl (C=O) groups is 1. The molecule has 0 aliphatic rings. The first-order chi connectivity index (χ1) is 8.00. The Morgan fingerprint density at radius 1 is 1.35 bits per heavy atom. The predicted octanol–water partition coefficient (Wildman–Crippen LogP) is 2.58. The zero-order valence-corrected chi connectivity index (χ0v) is 10.2. The molecule has 0 fully saturated rings. The van der Waals surface area contributed by atoms with E-state index >= 15 is 0 Å². The Labute approximate surface area is 107 Å². The largest absolute Gasteiger partial charge is 0.476 e. The van der Waals surface area contributed by atoms with Gasteiger partial charge in [-0.15, -0.1) is 5.10 Å². The van der Waals surface area contributed by atoms with Crippen molar-refractivity contribution in [3.8, 4) is 5.69 Å². The predicted molar refractivity (Wildman–Crippen MR) is 63.1 cm³/mol. The van der Waals surface area contributed by atoms with Crippen molar-refractivity contribution in [2.24, 2.45) is 0 Å². The van der Waals surface area contributed by atoms with Gasteiger partial charge in [-0.2, -0.15) is 0 Å². The third-order valence-electron chi connectivity index (χ3n) is 2.24. The second-order valence-corrected chi connectivity index (χ2v) is 4.15. The van der Waals surface area contributed by atoms with E-state index in [4.69, 9.17) is 28.3 Å². The molecule has 0 aliphatic carbocycles. The first kappa shape index (κ1) is 11.9. The van der Waals surface area contributed by atoms with Crippen molar-refractivity contribution in [1.29, 1.82) is 0 Å². The van der Waals surface area contributed by atoms with Gasteiger partial charge in [0.05, 0.1) is 21.4 Å². The number of hydrogen-bond acceptors (Lipinski definition) is 3. The fourth-order valence-electron chi connectivity index (χ4n) is 1.39. The molecule has 17 heavy (non-hydrogen) atoms. The van der Waals surface area contributed by atoms with E-state index in [1.165, 1.54) is 4.68 Å². The zero-order valence-electron chi connectivity index (χ0n) is 8.69. The number of carboxylic acid groups (broad SMARTS) is 1. The van der Waals surface area contributed by atoms with Crippen LogP contribution in [0.3, 0.4) is 0 Å². The van der Waals surface area contributed by atoms with Gasteiger partial charge >= 0.3 is 5.97 Å². The minimum atomic E-state index is -1.12. The SMILES string of the molecule is Cc1c(C(=O)O)nnn1-c1ccc(Cl)c(Cl)c1. The van der Waals surface area contributed by atoms with Crippen LogP contribution in [0.2, 0.25) is 10.0 Å². The van der Waals surface area contributed by atoms with Crippen molar-refractivity contribution in [3.63, 3.8) is 0 Å². The Bertz CT molecular complexity index is 595. The number of benzene rings is 1. The minimum absolute atomic E-state index is 0.0870. The number of rotatable bonds is 2. The lowest BCUT2D eigenvalue weighted by atomic mass is 10.3. The molecule has 0 atom stereocenters. The third kappa shape index (κ3) is 2.11. The average Bonchev–Trinajstić information content (AvgIpc) is 2.64. The first-order valence-corrected chi connectivity index (χ1v) is 5.37. The van der Waals surface area contributed by atoms with Crippen molar-refractivity contribution in [2.75, 3.05) is 0 Å². The van der Waals surface area contributed by atoms with Crippen LogP contribution in [-0.2, 0) is 0 Å². The summed E-state index contributed by atoms with van der Waals surface area (Å²) >= 11 is 11.7. The van der Waals surface area contributed by atoms with Crippen LogP contribution in [0, 0.1) is 6.92 Å². The Morgan fingerprint density at radius 2 is 2.06 bits per heavy atom. The Balaban J connectivity index is 2.53. The fraction of sp³-hybridized carbons (Fsp3) is 0.100. The van der Waals surface area contributed by atoms with Gasteiger partial charge in [-0.1, -0.05) is 28.4 Å². The van der Waals surface area contributed by atoms with E-state index in [2.05, 4.69) is 10.3 Å². The van der Waals surface area contributed by atoms with Crippen molar-refractivity contribution in [1.82, 2.24) is 15.0 Å². The Kier molecular flexibility index (Phi) is 3.04. The average molecular weight is 272 g/mol. The van der Waals surface area contributed by atoms with Gasteiger partial charge in [0.1, 0.15) is 0 Å². The van der Waals surface area contributed by atoms with E-state index in [1.54, 1.807) is 25.1 Å². The normalized spacial score (nSPS) is 10.5. The lowest BCUT2D eigenvalue weighted by Crippen LogP contribution is -2.02. The van der Waals surface area contributed by atoms with Crippen molar-refractivity contribution in [2.45, 2.75) is 6.92 Å². The highest BCUT2D eigenvalue weighted by Gasteiger charge is 2.16. The van der Waals surface area contributed by atoms with E-state index in [0.29, 0.717) is 21.4 Å². The molecule has 1 N–H and O–H groups in total. The number of hydrogen-bond donors (Lipinski definition) is 1. The zero-order chi connectivity index (χ0) is 12.6. The maximum atomic E-state index is 10.8. The summed E-state index contributed by atoms with van der Waals surface area (Å²) in [5.74, 6) is -1.12. The smallest absolute Gasteiger partial charge is 0.358 e. The molecule has 88 valence electrons. The van der Waals surface area contributed by atoms with Gasteiger partial charge < -0.3 is 5.11 Å². The summed E-state index contributed by atoms with van der Waals surface area (Å²) < 4.78 is 1.39. The third-order valence-corrected chi connectivity index (χ3v) is 2.98. The van der Waals surface area contributed by atoms with Gasteiger partial charge in [-0.05, 0) is 25.1 Å². The molecule has 7 heteroatoms. The topological polar surface area (TPSA) is 68.0 Å². The summed E-state index contributed by atoms with van der Waals surface area (Å²) in [4.78, 5) is 10.8. The molecule has 0 bridgehead atoms. The summed E-state index contributed by atoms with van der Waals surface area (Å²) in [7, 11) is 0. The van der Waals surface area contributed by atoms with Crippen LogP contribution in [0.1, 0.15) is 16.2 Å². The summed E-state index contributed by atoms with van der Waals surface area (Å²) in [6.07, 6.45) is 0. The standard InChI is InChI=1S/C10H7Cl2N3O2/c1-5-9(10(16)17)13-14-15(5)6-2-3-7(11)8(12)4-6/h2-4H,1H3,(H,16,17). The fourth-order valence-corrected chi connectivity index (χ4v) is 1.68. The van der Waals surface area contributed by atoms with Gasteiger partial charge in [0.15, 0.2) is 5.69 Å². The maximum absolute atomic E-state index is 10.8. The van der Waals surface area contributed by atoms with Crippen LogP contribution in [0.5, 0.6) is 0 Å². The molecule has 0 radical (unpaired) electrons. The monoisotopic (exact) mass is 271 g/mol. The molecule has 2 rings (SSSR count). The molecule has 1 heterocycles. The summed E-state index contributed by atoms with van der Waals surface area (Å²) in [5, 5.41) is 17.0. The van der Waals surface area contributed by atoms with E-state index in [0.717, 1.165) is 0 Å². The van der Waals surface area contributed by atoms with E-state index in [9.17, 15) is 4.79 Å². The molecule has 1 aromatic carbocycles. The Hall–Kier alpha value is -1.59. The van der Waals surface area contributed by atoms with Gasteiger partial charge in [-0.3, -0.25) is 0 Å². The van der Waals surface area contributed by atoms with Crippen LogP contribution in [0.15, 0.2) is 18.2 Å². The minimum Gasteiger partial charge on any atom is -0.476 e. The molecule has 5 nitrogen and oxygen atoms in total. The quantitative estimate of drug-likeness (QED) is 0.912. The molecular weight excluding hydrogens is 265 g/mol. The van der Waals surface area contributed by atoms with Crippen molar-refractivity contribution >= 4 is 29.2 Å². The number of halogens is 2. The van der Waals surface area contributed by atoms with Crippen LogP contribution < -0.4 is 0 Å². The van der Waals surface area contributed by atoms with E-state index in [1.807, 2.05) is 0 Å². The molecule has 2 aromatic rings. The summed E-state index contributed by atoms with van der Waals surface area (Å²) in [6, 6.07) is 4.89. The van der Waals surface area contributed by atoms with E-state index < -0.39 is 5.97 Å². The lowest BCUT2D eigenvalue weighted by molar-refractivity contribution is 0.0689. The number of aromatic carboxylic acids is 1. The second kappa shape index (κ2) is 4.35. The number of carboxylic acids is 1. The van der Waals surface area contributed by atoms with Crippen LogP contribution >= 0.6 is 23.2 Å². The molecule has 0 saturated heterocycles. The molecule has 0 aliphatic heterocycles. The summed E-state index contributed by atoms with van der Waals surface area (Å²) in [5.41, 5.74) is 0.948. The van der Waals surface area contributed by atoms with Gasteiger partial charge in [0, 0.05) is 0 Å². The highest BCUT2D eigenvalue weighted by molar-refractivity contribution is 6.42. The number of aromatic nitrogens is 3. The van der Waals surface area contributed by atoms with Crippen molar-refractivity contribution < 1.29 is 9.90 Å². The summed E-state index contributed by atoms with van der Waals surface area (Å²) in [6.45, 7) is 1.62. The Morgan fingerprint density at radius 3 is 2.59 bits per heavy atom. The molecule has 0 unspecified atom stereocenters. The highest BCUT2D eigenvalue weighted by Crippen LogP contribution is 2.24. The van der Waals surface area contributed by atoms with E-state index in [-0.39, 0.29) is 5.69 Å². The van der Waals surface area contributed by atoms with Gasteiger partial charge in [-0.25, -0.2) is 9.48 Å². The van der Waals surface area contributed by atoms with Crippen LogP contribution in [0.25, 0.3) is 5.69 Å². The number of nitrogens with zero attached hydrogens (tertiary/aromatic N) is 3. The molecule has 0 amide bonds. The van der Waals surface area contributed by atoms with Crippen molar-refractivity contribution in [3.05, 3.63) is 39.6 Å². The van der Waals surface area contributed by atoms with Crippen LogP contribution in [-0.4, -0.2) is 26.1 Å². The van der Waals surface area contributed by atoms with Gasteiger partial charge in [0.2, 0.25) is 0 Å².